The highest BCUT2D eigenvalue weighted by molar-refractivity contribution is 5.76. The van der Waals surface area contributed by atoms with Gasteiger partial charge >= 0.3 is 0 Å². The second kappa shape index (κ2) is 7.62. The molecular weight excluding hydrogens is 196 g/mol. The maximum Gasteiger partial charge on any atom is 0.221 e. The number of carbonyl (C=O) groups is 1. The van der Waals surface area contributed by atoms with Gasteiger partial charge in [0.2, 0.25) is 5.91 Å². The van der Waals surface area contributed by atoms with Crippen molar-refractivity contribution in [2.75, 3.05) is 32.9 Å². The summed E-state index contributed by atoms with van der Waals surface area (Å²) in [5.41, 5.74) is 0. The van der Waals surface area contributed by atoms with Crippen LogP contribution in [0.1, 0.15) is 19.3 Å². The van der Waals surface area contributed by atoms with Crippen molar-refractivity contribution in [1.82, 2.24) is 10.6 Å². The Bertz CT molecular complexity index is 182. The Labute approximate surface area is 90.2 Å². The van der Waals surface area contributed by atoms with Crippen molar-refractivity contribution in [2.45, 2.75) is 25.3 Å². The summed E-state index contributed by atoms with van der Waals surface area (Å²) in [5, 5.41) is 14.6. The van der Waals surface area contributed by atoms with Gasteiger partial charge in [0.05, 0.1) is 13.2 Å². The van der Waals surface area contributed by atoms with Crippen LogP contribution in [0.5, 0.6) is 0 Å². The predicted molar refractivity (Wildman–Crippen MR) is 56.6 cm³/mol. The number of hydrogen-bond acceptors (Lipinski definition) is 4. The van der Waals surface area contributed by atoms with Crippen molar-refractivity contribution in [2.24, 2.45) is 0 Å². The van der Waals surface area contributed by atoms with Gasteiger partial charge in [0.1, 0.15) is 0 Å². The van der Waals surface area contributed by atoms with E-state index in [2.05, 4.69) is 10.6 Å². The van der Waals surface area contributed by atoms with Crippen LogP contribution in [0.25, 0.3) is 0 Å². The predicted octanol–water partition coefficient (Wildman–Crippen LogP) is -0.746. The van der Waals surface area contributed by atoms with E-state index in [-0.39, 0.29) is 18.6 Å². The van der Waals surface area contributed by atoms with Crippen molar-refractivity contribution in [3.8, 4) is 0 Å². The van der Waals surface area contributed by atoms with Gasteiger partial charge in [-0.15, -0.1) is 0 Å². The molecule has 0 aliphatic carbocycles. The van der Waals surface area contributed by atoms with Crippen LogP contribution >= 0.6 is 0 Å². The molecule has 1 saturated heterocycles. The van der Waals surface area contributed by atoms with E-state index in [1.165, 1.54) is 0 Å². The summed E-state index contributed by atoms with van der Waals surface area (Å²) in [6.45, 7) is 3.00. The van der Waals surface area contributed by atoms with E-state index in [4.69, 9.17) is 9.84 Å². The molecule has 0 aromatic heterocycles. The first-order chi connectivity index (χ1) is 7.33. The second-order valence-corrected chi connectivity index (χ2v) is 3.71. The minimum Gasteiger partial charge on any atom is -0.396 e. The van der Waals surface area contributed by atoms with Crippen molar-refractivity contribution < 1.29 is 14.6 Å². The summed E-state index contributed by atoms with van der Waals surface area (Å²) in [5.74, 6) is 0.0518. The first-order valence-corrected chi connectivity index (χ1v) is 5.51. The minimum absolute atomic E-state index is 0.0518. The number of nitrogens with one attached hydrogen (secondary N) is 2. The number of hydrogen-bond donors (Lipinski definition) is 3. The van der Waals surface area contributed by atoms with E-state index in [9.17, 15) is 4.79 Å². The summed E-state index contributed by atoms with van der Waals surface area (Å²) >= 11 is 0. The molecule has 1 rings (SSSR count). The normalized spacial score (nSPS) is 21.3. The van der Waals surface area contributed by atoms with E-state index >= 15 is 0 Å². The molecule has 3 N–H and O–H groups in total. The Morgan fingerprint density at radius 3 is 3.07 bits per heavy atom. The highest BCUT2D eigenvalue weighted by atomic mass is 16.5. The monoisotopic (exact) mass is 216 g/mol. The molecule has 0 aromatic carbocycles. The third kappa shape index (κ3) is 5.71. The fraction of sp³-hybridized carbons (Fsp3) is 0.900. The number of aliphatic hydroxyl groups is 1. The SMILES string of the molecule is O=C(CC1COCCN1)NCCCCO. The summed E-state index contributed by atoms with van der Waals surface area (Å²) in [4.78, 5) is 11.4. The molecule has 1 heterocycles. The quantitative estimate of drug-likeness (QED) is 0.511. The Morgan fingerprint density at radius 1 is 1.53 bits per heavy atom. The topological polar surface area (TPSA) is 70.6 Å². The van der Waals surface area contributed by atoms with Crippen LogP contribution in [0.15, 0.2) is 0 Å². The molecule has 1 atom stereocenters. The minimum atomic E-state index is 0.0518. The first kappa shape index (κ1) is 12.4. The Morgan fingerprint density at radius 2 is 2.40 bits per heavy atom. The lowest BCUT2D eigenvalue weighted by atomic mass is 10.2. The van der Waals surface area contributed by atoms with Gasteiger partial charge in [0, 0.05) is 32.2 Å². The molecule has 0 radical (unpaired) electrons. The summed E-state index contributed by atoms with van der Waals surface area (Å²) < 4.78 is 5.25. The first-order valence-electron chi connectivity index (χ1n) is 5.51. The fourth-order valence-corrected chi connectivity index (χ4v) is 1.51. The molecule has 0 saturated carbocycles. The molecule has 0 aromatic rings. The van der Waals surface area contributed by atoms with Gasteiger partial charge in [-0.2, -0.15) is 0 Å². The van der Waals surface area contributed by atoms with Gasteiger partial charge in [-0.05, 0) is 12.8 Å². The summed E-state index contributed by atoms with van der Waals surface area (Å²) in [6.07, 6.45) is 2.04. The lowest BCUT2D eigenvalue weighted by Crippen LogP contribution is -2.44. The smallest absolute Gasteiger partial charge is 0.221 e. The molecule has 15 heavy (non-hydrogen) atoms. The average molecular weight is 216 g/mol. The molecule has 0 spiro atoms. The zero-order valence-electron chi connectivity index (χ0n) is 9.00. The van der Waals surface area contributed by atoms with Gasteiger partial charge in [-0.1, -0.05) is 0 Å². The van der Waals surface area contributed by atoms with Crippen LogP contribution < -0.4 is 10.6 Å². The third-order valence-electron chi connectivity index (χ3n) is 2.34. The van der Waals surface area contributed by atoms with Gasteiger partial charge in [-0.25, -0.2) is 0 Å². The van der Waals surface area contributed by atoms with Gasteiger partial charge in [0.15, 0.2) is 0 Å². The number of unbranched alkanes of at least 4 members (excludes halogenated alkanes) is 1. The zero-order chi connectivity index (χ0) is 10.9. The number of ether oxygens (including phenoxy) is 1. The maximum atomic E-state index is 11.4. The van der Waals surface area contributed by atoms with Crippen molar-refractivity contribution in [3.05, 3.63) is 0 Å². The van der Waals surface area contributed by atoms with E-state index in [0.29, 0.717) is 19.6 Å². The molecular formula is C10H20N2O3. The second-order valence-electron chi connectivity index (χ2n) is 3.71. The summed E-state index contributed by atoms with van der Waals surface area (Å²) in [6, 6.07) is 0.150. The van der Waals surface area contributed by atoms with E-state index in [1.54, 1.807) is 0 Å². The van der Waals surface area contributed by atoms with Gasteiger partial charge in [0.25, 0.3) is 0 Å². The highest BCUT2D eigenvalue weighted by Gasteiger charge is 2.16. The molecule has 1 aliphatic heterocycles. The molecule has 5 heteroatoms. The van der Waals surface area contributed by atoms with Gasteiger partial charge in [-0.3, -0.25) is 4.79 Å². The number of carbonyl (C=O) groups excluding carboxylic acids is 1. The Hall–Kier alpha value is -0.650. The van der Waals surface area contributed by atoms with Crippen LogP contribution in [0.2, 0.25) is 0 Å². The van der Waals surface area contributed by atoms with Crippen LogP contribution in [-0.4, -0.2) is 50.0 Å². The number of rotatable bonds is 6. The number of aliphatic hydroxyl groups excluding tert-OH is 1. The van der Waals surface area contributed by atoms with E-state index < -0.39 is 0 Å². The lowest BCUT2D eigenvalue weighted by Gasteiger charge is -2.23. The molecule has 5 nitrogen and oxygen atoms in total. The third-order valence-corrected chi connectivity index (χ3v) is 2.34. The van der Waals surface area contributed by atoms with Crippen LogP contribution in [-0.2, 0) is 9.53 Å². The Kier molecular flexibility index (Phi) is 6.31. The molecule has 1 fully saturated rings. The van der Waals surface area contributed by atoms with Crippen molar-refractivity contribution in [1.29, 1.82) is 0 Å². The standard InChI is InChI=1S/C10H20N2O3/c13-5-2-1-3-12-10(14)7-9-8-15-6-4-11-9/h9,11,13H,1-8H2,(H,12,14). The van der Waals surface area contributed by atoms with Gasteiger partial charge < -0.3 is 20.5 Å². The fourth-order valence-electron chi connectivity index (χ4n) is 1.51. The largest absolute Gasteiger partial charge is 0.396 e. The molecule has 1 aliphatic rings. The van der Waals surface area contributed by atoms with E-state index in [1.807, 2.05) is 0 Å². The number of amides is 1. The molecule has 88 valence electrons. The average Bonchev–Trinajstić information content (AvgIpc) is 2.26. The maximum absolute atomic E-state index is 11.4. The number of morpholine rings is 1. The van der Waals surface area contributed by atoms with Crippen LogP contribution in [0, 0.1) is 0 Å². The lowest BCUT2D eigenvalue weighted by molar-refractivity contribution is -0.122. The molecule has 0 bridgehead atoms. The summed E-state index contributed by atoms with van der Waals surface area (Å²) in [7, 11) is 0. The van der Waals surface area contributed by atoms with E-state index in [0.717, 1.165) is 26.0 Å². The zero-order valence-corrected chi connectivity index (χ0v) is 9.00. The molecule has 1 unspecified atom stereocenters. The van der Waals surface area contributed by atoms with Crippen LogP contribution in [0.4, 0.5) is 0 Å². The molecule has 1 amide bonds. The van der Waals surface area contributed by atoms with Crippen LogP contribution in [0.3, 0.4) is 0 Å². The van der Waals surface area contributed by atoms with Crippen molar-refractivity contribution in [3.63, 3.8) is 0 Å². The Balaban J connectivity index is 2.01. The van der Waals surface area contributed by atoms with Crippen molar-refractivity contribution >= 4 is 5.91 Å². The highest BCUT2D eigenvalue weighted by Crippen LogP contribution is 1.98.